The Hall–Kier alpha value is -2.57. The van der Waals surface area contributed by atoms with Crippen LogP contribution in [-0.4, -0.2) is 41.2 Å². The Labute approximate surface area is 245 Å². The molecule has 1 saturated carbocycles. The van der Waals surface area contributed by atoms with Gasteiger partial charge in [-0.1, -0.05) is 72.1 Å². The van der Waals surface area contributed by atoms with Crippen LogP contribution >= 0.6 is 11.6 Å². The Morgan fingerprint density at radius 2 is 1.75 bits per heavy atom. The molecule has 0 bridgehead atoms. The molecule has 2 fully saturated rings. The molecular weight excluding hydrogens is 518 g/mol. The summed E-state index contributed by atoms with van der Waals surface area (Å²) in [4.78, 5) is 7.47. The minimum Gasteiger partial charge on any atom is -0.489 e. The number of nitrogens with zero attached hydrogens (tertiary/aromatic N) is 3. The number of hydrogen-bond donors (Lipinski definition) is 0. The van der Waals surface area contributed by atoms with Gasteiger partial charge in [-0.25, -0.2) is 4.98 Å². The van der Waals surface area contributed by atoms with Crippen molar-refractivity contribution in [2.75, 3.05) is 19.7 Å². The van der Waals surface area contributed by atoms with Crippen LogP contribution in [0.4, 0.5) is 0 Å². The maximum absolute atomic E-state index is 9.25. The molecule has 0 radical (unpaired) electrons. The maximum Gasteiger partial charge on any atom is 0.124 e. The molecule has 2 atom stereocenters. The first-order chi connectivity index (χ1) is 18.7. The molecule has 1 aromatic carbocycles. The first-order valence-electron chi connectivity index (χ1n) is 14.5. The molecular formula is C34H42ClN3O2. The van der Waals surface area contributed by atoms with Crippen LogP contribution in [0.5, 0.6) is 5.75 Å². The molecule has 2 heterocycles. The van der Waals surface area contributed by atoms with Gasteiger partial charge in [-0.15, -0.1) is 0 Å². The summed E-state index contributed by atoms with van der Waals surface area (Å²) >= 11 is 6.32. The standard InChI is InChI=1S/C34H42ClN3O2/c1-10-38(11-2)30(3,4)17-16-23-13-15-25-27(37-23)19-33(9,34(25)21-39-34)28-31(5,6)29(32(28,7)8)40-24-14-12-22(20-36)26(35)18-24/h12-15,18,28-29H,10-11,19,21H2,1-9H3. The first kappa shape index (κ1) is 28.9. The van der Waals surface area contributed by atoms with E-state index in [1.54, 1.807) is 12.1 Å². The summed E-state index contributed by atoms with van der Waals surface area (Å²) in [6.45, 7) is 23.0. The number of rotatable bonds is 6. The highest BCUT2D eigenvalue weighted by Crippen LogP contribution is 2.74. The molecule has 0 amide bonds. The average Bonchev–Trinajstić information content (AvgIpc) is 3.65. The van der Waals surface area contributed by atoms with Crippen LogP contribution in [0.3, 0.4) is 0 Å². The fourth-order valence-electron chi connectivity index (χ4n) is 8.94. The van der Waals surface area contributed by atoms with Crippen LogP contribution in [0.15, 0.2) is 30.3 Å². The summed E-state index contributed by atoms with van der Waals surface area (Å²) in [6.07, 6.45) is 0.826. The number of ether oxygens (including phenoxy) is 2. The minimum atomic E-state index is -0.316. The van der Waals surface area contributed by atoms with Crippen molar-refractivity contribution in [2.45, 2.75) is 86.0 Å². The lowest BCUT2D eigenvalue weighted by molar-refractivity contribution is -0.252. The predicted octanol–water partition coefficient (Wildman–Crippen LogP) is 7.00. The first-order valence-corrected chi connectivity index (χ1v) is 14.8. The highest BCUT2D eigenvalue weighted by atomic mass is 35.5. The summed E-state index contributed by atoms with van der Waals surface area (Å²) in [6, 6.07) is 11.7. The molecule has 40 heavy (non-hydrogen) atoms. The zero-order valence-corrected chi connectivity index (χ0v) is 26.2. The summed E-state index contributed by atoms with van der Waals surface area (Å²) in [7, 11) is 0. The van der Waals surface area contributed by atoms with Crippen LogP contribution in [0.1, 0.15) is 84.8 Å². The molecule has 1 saturated heterocycles. The van der Waals surface area contributed by atoms with Gasteiger partial charge in [-0.3, -0.25) is 4.90 Å². The summed E-state index contributed by atoms with van der Waals surface area (Å²) in [5.74, 6) is 7.87. The number of fused-ring (bicyclic) bond motifs is 2. The van der Waals surface area contributed by atoms with Crippen LogP contribution in [0.25, 0.3) is 0 Å². The molecule has 6 heteroatoms. The lowest BCUT2D eigenvalue weighted by Crippen LogP contribution is -2.71. The van der Waals surface area contributed by atoms with Crippen LogP contribution in [-0.2, 0) is 16.8 Å². The van der Waals surface area contributed by atoms with E-state index < -0.39 is 0 Å². The molecule has 3 aliphatic rings. The summed E-state index contributed by atoms with van der Waals surface area (Å²) in [5, 5.41) is 9.67. The van der Waals surface area contributed by atoms with Crippen LogP contribution in [0.2, 0.25) is 5.02 Å². The van der Waals surface area contributed by atoms with Crippen LogP contribution in [0, 0.1) is 45.3 Å². The van der Waals surface area contributed by atoms with Crippen molar-refractivity contribution >= 4 is 11.6 Å². The SMILES string of the molecule is CCN(CC)C(C)(C)C#Cc1ccc2c(n1)CC(C)(C1C(C)(C)C(Oc3ccc(C#N)c(Cl)c3)C1(C)C)C21CO1. The van der Waals surface area contributed by atoms with E-state index in [4.69, 9.17) is 26.1 Å². The van der Waals surface area contributed by atoms with Gasteiger partial charge in [0.05, 0.1) is 22.7 Å². The topological polar surface area (TPSA) is 61.7 Å². The fraction of sp³-hybridized carbons (Fsp3) is 0.588. The third-order valence-electron chi connectivity index (χ3n) is 10.1. The number of benzene rings is 1. The van der Waals surface area contributed by atoms with Gasteiger partial charge in [0.1, 0.15) is 29.2 Å². The maximum atomic E-state index is 9.25. The highest BCUT2D eigenvalue weighted by Gasteiger charge is 2.77. The number of halogens is 1. The van der Waals surface area contributed by atoms with Gasteiger partial charge in [0.15, 0.2) is 0 Å². The molecule has 1 spiro atoms. The van der Waals surface area contributed by atoms with Gasteiger partial charge in [0, 0.05) is 33.6 Å². The van der Waals surface area contributed by atoms with Gasteiger partial charge in [0.25, 0.3) is 0 Å². The van der Waals surface area contributed by atoms with E-state index in [1.165, 1.54) is 5.56 Å². The Kier molecular flexibility index (Phi) is 6.86. The molecule has 0 N–H and O–H groups in total. The molecule has 5 rings (SSSR count). The third kappa shape index (κ3) is 4.16. The Balaban J connectivity index is 1.43. The molecule has 2 aromatic rings. The molecule has 2 unspecified atom stereocenters. The minimum absolute atomic E-state index is 0.0259. The zero-order chi connectivity index (χ0) is 29.3. The van der Waals surface area contributed by atoms with E-state index in [2.05, 4.69) is 97.3 Å². The lowest BCUT2D eigenvalue weighted by Gasteiger charge is -2.68. The van der Waals surface area contributed by atoms with Crippen LogP contribution < -0.4 is 4.74 Å². The molecule has 2 aliphatic carbocycles. The van der Waals surface area contributed by atoms with Crippen molar-refractivity contribution in [1.82, 2.24) is 9.88 Å². The lowest BCUT2D eigenvalue weighted by atomic mass is 9.38. The molecule has 1 aromatic heterocycles. The Morgan fingerprint density at radius 1 is 1.10 bits per heavy atom. The van der Waals surface area contributed by atoms with Crippen molar-refractivity contribution in [1.29, 1.82) is 5.26 Å². The fourth-order valence-corrected chi connectivity index (χ4v) is 9.15. The molecule has 5 nitrogen and oxygen atoms in total. The zero-order valence-electron chi connectivity index (χ0n) is 25.4. The van der Waals surface area contributed by atoms with Crippen molar-refractivity contribution in [3.05, 3.63) is 57.9 Å². The quantitative estimate of drug-likeness (QED) is 0.282. The number of aromatic nitrogens is 1. The second-order valence-corrected chi connectivity index (χ2v) is 14.1. The molecule has 212 valence electrons. The van der Waals surface area contributed by atoms with Crippen molar-refractivity contribution < 1.29 is 9.47 Å². The van der Waals surface area contributed by atoms with Crippen molar-refractivity contribution in [3.8, 4) is 23.7 Å². The van der Waals surface area contributed by atoms with Gasteiger partial charge >= 0.3 is 0 Å². The Morgan fingerprint density at radius 3 is 2.30 bits per heavy atom. The number of nitriles is 1. The highest BCUT2D eigenvalue weighted by molar-refractivity contribution is 6.31. The monoisotopic (exact) mass is 559 g/mol. The van der Waals surface area contributed by atoms with E-state index in [1.807, 2.05) is 6.07 Å². The van der Waals surface area contributed by atoms with Crippen molar-refractivity contribution in [2.24, 2.45) is 22.2 Å². The second-order valence-electron chi connectivity index (χ2n) is 13.7. The summed E-state index contributed by atoms with van der Waals surface area (Å²) < 4.78 is 13.0. The summed E-state index contributed by atoms with van der Waals surface area (Å²) in [5.41, 5.74) is 2.69. The second kappa shape index (κ2) is 9.49. The van der Waals surface area contributed by atoms with E-state index in [9.17, 15) is 5.26 Å². The van der Waals surface area contributed by atoms with Crippen molar-refractivity contribution in [3.63, 3.8) is 0 Å². The average molecular weight is 560 g/mol. The van der Waals surface area contributed by atoms with E-state index >= 15 is 0 Å². The van der Waals surface area contributed by atoms with Gasteiger partial charge < -0.3 is 9.47 Å². The van der Waals surface area contributed by atoms with Gasteiger partial charge in [-0.05, 0) is 63.4 Å². The predicted molar refractivity (Wildman–Crippen MR) is 159 cm³/mol. The normalized spacial score (nSPS) is 29.2. The largest absolute Gasteiger partial charge is 0.489 e. The third-order valence-corrected chi connectivity index (χ3v) is 10.5. The van der Waals surface area contributed by atoms with E-state index in [0.717, 1.165) is 37.5 Å². The number of pyridine rings is 1. The van der Waals surface area contributed by atoms with Gasteiger partial charge in [-0.2, -0.15) is 5.26 Å². The van der Waals surface area contributed by atoms with E-state index in [0.29, 0.717) is 22.3 Å². The smallest absolute Gasteiger partial charge is 0.124 e. The Bertz CT molecular complexity index is 1420. The molecule has 1 aliphatic heterocycles. The van der Waals surface area contributed by atoms with E-state index in [-0.39, 0.29) is 33.5 Å². The number of hydrogen-bond acceptors (Lipinski definition) is 5. The van der Waals surface area contributed by atoms with Gasteiger partial charge in [0.2, 0.25) is 0 Å². The number of epoxide rings is 1.